The zero-order chi connectivity index (χ0) is 13.7. The highest BCUT2D eigenvalue weighted by Crippen LogP contribution is 2.32. The SMILES string of the molecule is COc1ccc(OC)c(C(O)C2CCCCCN2)c1. The summed E-state index contributed by atoms with van der Waals surface area (Å²) in [6.45, 7) is 0.966. The average molecular weight is 265 g/mol. The number of rotatable bonds is 4. The van der Waals surface area contributed by atoms with E-state index >= 15 is 0 Å². The molecule has 4 heteroatoms. The Kier molecular flexibility index (Phi) is 5.05. The zero-order valence-corrected chi connectivity index (χ0v) is 11.7. The molecular weight excluding hydrogens is 242 g/mol. The van der Waals surface area contributed by atoms with Gasteiger partial charge in [-0.05, 0) is 37.6 Å². The Labute approximate surface area is 114 Å². The van der Waals surface area contributed by atoms with Gasteiger partial charge >= 0.3 is 0 Å². The smallest absolute Gasteiger partial charge is 0.124 e. The summed E-state index contributed by atoms with van der Waals surface area (Å²) in [5.74, 6) is 1.45. The van der Waals surface area contributed by atoms with Crippen molar-refractivity contribution < 1.29 is 14.6 Å². The van der Waals surface area contributed by atoms with Gasteiger partial charge in [0.05, 0.1) is 20.3 Å². The molecule has 2 rings (SSSR count). The number of ether oxygens (including phenoxy) is 2. The maximum absolute atomic E-state index is 10.6. The monoisotopic (exact) mass is 265 g/mol. The van der Waals surface area contributed by atoms with Gasteiger partial charge < -0.3 is 19.9 Å². The van der Waals surface area contributed by atoms with Crippen molar-refractivity contribution in [2.75, 3.05) is 20.8 Å². The van der Waals surface area contributed by atoms with E-state index in [2.05, 4.69) is 5.32 Å². The van der Waals surface area contributed by atoms with Crippen LogP contribution in [0.1, 0.15) is 37.4 Å². The molecule has 19 heavy (non-hydrogen) atoms. The van der Waals surface area contributed by atoms with E-state index in [1.807, 2.05) is 18.2 Å². The molecule has 1 aliphatic rings. The fourth-order valence-electron chi connectivity index (χ4n) is 2.61. The molecule has 1 aliphatic heterocycles. The summed E-state index contributed by atoms with van der Waals surface area (Å²) in [5, 5.41) is 14.0. The van der Waals surface area contributed by atoms with E-state index < -0.39 is 6.10 Å². The maximum Gasteiger partial charge on any atom is 0.124 e. The zero-order valence-electron chi connectivity index (χ0n) is 11.7. The van der Waals surface area contributed by atoms with Crippen LogP contribution in [-0.4, -0.2) is 31.9 Å². The molecule has 0 aromatic heterocycles. The number of aliphatic hydroxyl groups excluding tert-OH is 1. The van der Waals surface area contributed by atoms with E-state index in [-0.39, 0.29) is 6.04 Å². The molecule has 0 amide bonds. The summed E-state index contributed by atoms with van der Waals surface area (Å²) in [4.78, 5) is 0. The van der Waals surface area contributed by atoms with Crippen LogP contribution >= 0.6 is 0 Å². The van der Waals surface area contributed by atoms with Gasteiger partial charge in [0.25, 0.3) is 0 Å². The van der Waals surface area contributed by atoms with Crippen molar-refractivity contribution in [2.45, 2.75) is 37.8 Å². The Morgan fingerprint density at radius 2 is 2.05 bits per heavy atom. The molecule has 0 bridgehead atoms. The topological polar surface area (TPSA) is 50.7 Å². The van der Waals surface area contributed by atoms with Gasteiger partial charge in [0.1, 0.15) is 11.5 Å². The van der Waals surface area contributed by atoms with Gasteiger partial charge in [0.2, 0.25) is 0 Å². The third kappa shape index (κ3) is 3.39. The Balaban J connectivity index is 2.22. The predicted octanol–water partition coefficient (Wildman–Crippen LogP) is 2.27. The number of benzene rings is 1. The lowest BCUT2D eigenvalue weighted by molar-refractivity contribution is 0.123. The molecule has 0 saturated carbocycles. The summed E-state index contributed by atoms with van der Waals surface area (Å²) in [5.41, 5.74) is 0.793. The fourth-order valence-corrected chi connectivity index (χ4v) is 2.61. The lowest BCUT2D eigenvalue weighted by Gasteiger charge is -2.24. The van der Waals surface area contributed by atoms with Crippen LogP contribution < -0.4 is 14.8 Å². The highest BCUT2D eigenvalue weighted by Gasteiger charge is 2.24. The summed E-state index contributed by atoms with van der Waals surface area (Å²) >= 11 is 0. The van der Waals surface area contributed by atoms with Crippen LogP contribution in [0, 0.1) is 0 Å². The standard InChI is InChI=1S/C15H23NO3/c1-18-11-7-8-14(19-2)12(10-11)15(17)13-6-4-3-5-9-16-13/h7-8,10,13,15-17H,3-6,9H2,1-2H3. The van der Waals surface area contributed by atoms with E-state index in [9.17, 15) is 5.11 Å². The predicted molar refractivity (Wildman–Crippen MR) is 74.8 cm³/mol. The van der Waals surface area contributed by atoms with Gasteiger partial charge in [-0.15, -0.1) is 0 Å². The quantitative estimate of drug-likeness (QED) is 0.877. The van der Waals surface area contributed by atoms with Gasteiger partial charge in [0, 0.05) is 11.6 Å². The molecule has 1 aromatic carbocycles. The minimum atomic E-state index is -0.567. The summed E-state index contributed by atoms with van der Waals surface area (Å²) in [6, 6.07) is 5.63. The minimum Gasteiger partial charge on any atom is -0.497 e. The Morgan fingerprint density at radius 3 is 2.79 bits per heavy atom. The first-order chi connectivity index (χ1) is 9.26. The highest BCUT2D eigenvalue weighted by atomic mass is 16.5. The minimum absolute atomic E-state index is 0.0866. The molecule has 1 aromatic rings. The second-order valence-corrected chi connectivity index (χ2v) is 4.96. The lowest BCUT2D eigenvalue weighted by atomic mass is 9.97. The first-order valence-electron chi connectivity index (χ1n) is 6.89. The van der Waals surface area contributed by atoms with Gasteiger partial charge in [0.15, 0.2) is 0 Å². The number of nitrogens with one attached hydrogen (secondary N) is 1. The molecule has 2 atom stereocenters. The highest BCUT2D eigenvalue weighted by molar-refractivity contribution is 5.42. The summed E-state index contributed by atoms with van der Waals surface area (Å²) < 4.78 is 10.6. The van der Waals surface area contributed by atoms with Gasteiger partial charge in [-0.25, -0.2) is 0 Å². The molecule has 0 aliphatic carbocycles. The first kappa shape index (κ1) is 14.2. The molecule has 4 nitrogen and oxygen atoms in total. The van der Waals surface area contributed by atoms with Crippen molar-refractivity contribution in [3.05, 3.63) is 23.8 Å². The third-order valence-electron chi connectivity index (χ3n) is 3.74. The average Bonchev–Trinajstić information content (AvgIpc) is 2.74. The van der Waals surface area contributed by atoms with Gasteiger partial charge in [-0.2, -0.15) is 0 Å². The van der Waals surface area contributed by atoms with E-state index in [1.54, 1.807) is 14.2 Å². The van der Waals surface area contributed by atoms with E-state index in [0.29, 0.717) is 5.75 Å². The van der Waals surface area contributed by atoms with Crippen LogP contribution in [0.4, 0.5) is 0 Å². The number of hydrogen-bond acceptors (Lipinski definition) is 4. The van der Waals surface area contributed by atoms with E-state index in [0.717, 1.165) is 30.7 Å². The molecule has 1 fully saturated rings. The molecule has 2 unspecified atom stereocenters. The lowest BCUT2D eigenvalue weighted by Crippen LogP contribution is -2.34. The van der Waals surface area contributed by atoms with Crippen LogP contribution in [0.15, 0.2) is 18.2 Å². The number of methoxy groups -OCH3 is 2. The van der Waals surface area contributed by atoms with E-state index in [4.69, 9.17) is 9.47 Å². The van der Waals surface area contributed by atoms with Crippen LogP contribution in [0.3, 0.4) is 0 Å². The van der Waals surface area contributed by atoms with Crippen molar-refractivity contribution in [1.82, 2.24) is 5.32 Å². The normalized spacial score (nSPS) is 21.5. The molecule has 1 saturated heterocycles. The van der Waals surface area contributed by atoms with Crippen LogP contribution in [0.25, 0.3) is 0 Å². The molecule has 106 valence electrons. The molecule has 0 spiro atoms. The van der Waals surface area contributed by atoms with Crippen LogP contribution in [0.2, 0.25) is 0 Å². The van der Waals surface area contributed by atoms with Crippen LogP contribution in [0.5, 0.6) is 11.5 Å². The number of aliphatic hydroxyl groups is 1. The molecule has 2 N–H and O–H groups in total. The second kappa shape index (κ2) is 6.78. The number of hydrogen-bond donors (Lipinski definition) is 2. The Bertz CT molecular complexity index is 400. The van der Waals surface area contributed by atoms with Crippen molar-refractivity contribution in [3.8, 4) is 11.5 Å². The molecular formula is C15H23NO3. The van der Waals surface area contributed by atoms with Crippen molar-refractivity contribution in [2.24, 2.45) is 0 Å². The maximum atomic E-state index is 10.6. The third-order valence-corrected chi connectivity index (χ3v) is 3.74. The Hall–Kier alpha value is -1.26. The largest absolute Gasteiger partial charge is 0.497 e. The van der Waals surface area contributed by atoms with Crippen molar-refractivity contribution in [1.29, 1.82) is 0 Å². The van der Waals surface area contributed by atoms with E-state index in [1.165, 1.54) is 12.8 Å². The molecule has 0 radical (unpaired) electrons. The Morgan fingerprint density at radius 1 is 1.21 bits per heavy atom. The van der Waals surface area contributed by atoms with Gasteiger partial charge in [-0.1, -0.05) is 12.8 Å². The summed E-state index contributed by atoms with van der Waals surface area (Å²) in [6.07, 6.45) is 3.98. The van der Waals surface area contributed by atoms with Crippen molar-refractivity contribution >= 4 is 0 Å². The van der Waals surface area contributed by atoms with Crippen molar-refractivity contribution in [3.63, 3.8) is 0 Å². The summed E-state index contributed by atoms with van der Waals surface area (Å²) in [7, 11) is 3.25. The fraction of sp³-hybridized carbons (Fsp3) is 0.600. The molecule has 1 heterocycles. The second-order valence-electron chi connectivity index (χ2n) is 4.96. The first-order valence-corrected chi connectivity index (χ1v) is 6.89. The van der Waals surface area contributed by atoms with Gasteiger partial charge in [-0.3, -0.25) is 0 Å². The van der Waals surface area contributed by atoms with Crippen LogP contribution in [-0.2, 0) is 0 Å².